The molecule has 0 saturated carbocycles. The van der Waals surface area contributed by atoms with Gasteiger partial charge in [-0.05, 0) is 59.7 Å². The molecule has 7 heteroatoms. The maximum atomic E-state index is 13.2. The zero-order valence-corrected chi connectivity index (χ0v) is 19.2. The Hall–Kier alpha value is -3.87. The Morgan fingerprint density at radius 2 is 1.94 bits per heavy atom. The van der Waals surface area contributed by atoms with E-state index >= 15 is 0 Å². The third-order valence-corrected chi connectivity index (χ3v) is 5.93. The average Bonchev–Trinajstić information content (AvgIpc) is 3.46. The molecule has 2 aromatic carbocycles. The molecule has 1 aliphatic heterocycles. The SMILES string of the molecule is CC(C)CNC(=O)COC(=O)c1c2c(nc3ccccc13)C(=Cc1ccc3c(c1)OCO3)CC2. The van der Waals surface area contributed by atoms with E-state index in [9.17, 15) is 9.59 Å². The largest absolute Gasteiger partial charge is 0.454 e. The number of nitrogens with zero attached hydrogens (tertiary/aromatic N) is 1. The zero-order valence-electron chi connectivity index (χ0n) is 19.2. The highest BCUT2D eigenvalue weighted by molar-refractivity contribution is 6.07. The first-order chi connectivity index (χ1) is 16.5. The fourth-order valence-corrected chi connectivity index (χ4v) is 4.29. The normalized spacial score (nSPS) is 15.1. The second kappa shape index (κ2) is 9.17. The van der Waals surface area contributed by atoms with Crippen molar-refractivity contribution in [2.45, 2.75) is 26.7 Å². The number of allylic oxidation sites excluding steroid dienone is 1. The minimum absolute atomic E-state index is 0.229. The predicted octanol–water partition coefficient (Wildman–Crippen LogP) is 4.38. The zero-order chi connectivity index (χ0) is 23.7. The van der Waals surface area contributed by atoms with Crippen molar-refractivity contribution in [1.29, 1.82) is 0 Å². The number of carbonyl (C=O) groups is 2. The number of hydrogen-bond donors (Lipinski definition) is 1. The molecule has 1 N–H and O–H groups in total. The fourth-order valence-electron chi connectivity index (χ4n) is 4.29. The van der Waals surface area contributed by atoms with E-state index in [-0.39, 0.29) is 19.3 Å². The number of para-hydroxylation sites is 1. The molecule has 1 aliphatic carbocycles. The fraction of sp³-hybridized carbons (Fsp3) is 0.296. The summed E-state index contributed by atoms with van der Waals surface area (Å²) in [5.74, 6) is 0.973. The maximum absolute atomic E-state index is 13.2. The molecule has 3 aromatic rings. The highest BCUT2D eigenvalue weighted by Gasteiger charge is 2.28. The van der Waals surface area contributed by atoms with E-state index in [2.05, 4.69) is 11.4 Å². The number of aromatic nitrogens is 1. The Kier molecular flexibility index (Phi) is 5.92. The van der Waals surface area contributed by atoms with Crippen molar-refractivity contribution in [3.8, 4) is 11.5 Å². The molecule has 0 saturated heterocycles. The molecule has 1 aromatic heterocycles. The molecule has 5 rings (SSSR count). The molecule has 0 unspecified atom stereocenters. The van der Waals surface area contributed by atoms with Gasteiger partial charge in [0.2, 0.25) is 6.79 Å². The van der Waals surface area contributed by atoms with Crippen LogP contribution in [0.25, 0.3) is 22.6 Å². The lowest BCUT2D eigenvalue weighted by Gasteiger charge is -2.13. The molecule has 2 aliphatic rings. The van der Waals surface area contributed by atoms with Crippen LogP contribution in [-0.2, 0) is 16.0 Å². The third kappa shape index (κ3) is 4.33. The van der Waals surface area contributed by atoms with Crippen molar-refractivity contribution in [3.63, 3.8) is 0 Å². The van der Waals surface area contributed by atoms with Gasteiger partial charge in [0, 0.05) is 11.9 Å². The van der Waals surface area contributed by atoms with E-state index < -0.39 is 5.97 Å². The van der Waals surface area contributed by atoms with E-state index in [0.29, 0.717) is 24.4 Å². The number of benzene rings is 2. The summed E-state index contributed by atoms with van der Waals surface area (Å²) in [7, 11) is 0. The Bertz CT molecular complexity index is 1310. The van der Waals surface area contributed by atoms with Crippen molar-refractivity contribution < 1.29 is 23.8 Å². The Morgan fingerprint density at radius 1 is 1.12 bits per heavy atom. The second-order valence-electron chi connectivity index (χ2n) is 8.89. The summed E-state index contributed by atoms with van der Waals surface area (Å²) in [4.78, 5) is 30.1. The molecule has 174 valence electrons. The lowest BCUT2D eigenvalue weighted by Crippen LogP contribution is -2.31. The number of ether oxygens (including phenoxy) is 3. The van der Waals surface area contributed by atoms with Gasteiger partial charge in [-0.25, -0.2) is 9.78 Å². The topological polar surface area (TPSA) is 86.8 Å². The lowest BCUT2D eigenvalue weighted by molar-refractivity contribution is -0.124. The summed E-state index contributed by atoms with van der Waals surface area (Å²) < 4.78 is 16.3. The van der Waals surface area contributed by atoms with E-state index in [1.165, 1.54) is 0 Å². The van der Waals surface area contributed by atoms with Crippen LogP contribution >= 0.6 is 0 Å². The van der Waals surface area contributed by atoms with E-state index in [1.54, 1.807) is 0 Å². The molecular formula is C27H26N2O5. The van der Waals surface area contributed by atoms with Crippen molar-refractivity contribution >= 4 is 34.4 Å². The van der Waals surface area contributed by atoms with Gasteiger partial charge in [-0.15, -0.1) is 0 Å². The van der Waals surface area contributed by atoms with Crippen LogP contribution in [0, 0.1) is 5.92 Å². The number of nitrogens with one attached hydrogen (secondary N) is 1. The van der Waals surface area contributed by atoms with Crippen molar-refractivity contribution in [2.75, 3.05) is 19.9 Å². The molecular weight excluding hydrogens is 432 g/mol. The van der Waals surface area contributed by atoms with Crippen LogP contribution in [0.3, 0.4) is 0 Å². The Morgan fingerprint density at radius 3 is 2.79 bits per heavy atom. The van der Waals surface area contributed by atoms with Gasteiger partial charge in [0.05, 0.1) is 16.8 Å². The minimum atomic E-state index is -0.501. The van der Waals surface area contributed by atoms with Gasteiger partial charge < -0.3 is 19.5 Å². The van der Waals surface area contributed by atoms with E-state index in [4.69, 9.17) is 19.2 Å². The number of amides is 1. The van der Waals surface area contributed by atoms with Crippen molar-refractivity contribution in [2.24, 2.45) is 5.92 Å². The number of esters is 1. The first-order valence-electron chi connectivity index (χ1n) is 11.5. The standard InChI is InChI=1S/C27H26N2O5/c1-16(2)13-28-24(30)14-32-27(31)25-19-5-3-4-6-21(19)29-26-18(8-9-20(25)26)11-17-7-10-22-23(12-17)34-15-33-22/h3-7,10-12,16H,8-9,13-15H2,1-2H3,(H,28,30). The molecule has 1 amide bonds. The third-order valence-electron chi connectivity index (χ3n) is 5.93. The molecule has 0 fully saturated rings. The molecule has 34 heavy (non-hydrogen) atoms. The maximum Gasteiger partial charge on any atom is 0.339 e. The molecule has 0 radical (unpaired) electrons. The minimum Gasteiger partial charge on any atom is -0.454 e. The Balaban J connectivity index is 1.47. The summed E-state index contributed by atoms with van der Waals surface area (Å²) in [6.07, 6.45) is 3.50. The van der Waals surface area contributed by atoms with Crippen LogP contribution in [0.4, 0.5) is 0 Å². The second-order valence-corrected chi connectivity index (χ2v) is 8.89. The van der Waals surface area contributed by atoms with Gasteiger partial charge in [-0.2, -0.15) is 0 Å². The molecule has 0 bridgehead atoms. The van der Waals surface area contributed by atoms with Crippen LogP contribution in [-0.4, -0.2) is 36.8 Å². The van der Waals surface area contributed by atoms with Gasteiger partial charge in [0.1, 0.15) is 0 Å². The van der Waals surface area contributed by atoms with Crippen LogP contribution < -0.4 is 14.8 Å². The van der Waals surface area contributed by atoms with Gasteiger partial charge in [0.25, 0.3) is 5.91 Å². The highest BCUT2D eigenvalue weighted by Crippen LogP contribution is 2.39. The van der Waals surface area contributed by atoms with Gasteiger partial charge in [-0.1, -0.05) is 38.1 Å². The van der Waals surface area contributed by atoms with Crippen LogP contribution in [0.5, 0.6) is 11.5 Å². The summed E-state index contributed by atoms with van der Waals surface area (Å²) in [6.45, 7) is 4.47. The first-order valence-corrected chi connectivity index (χ1v) is 11.5. The molecule has 2 heterocycles. The Labute approximate surface area is 197 Å². The van der Waals surface area contributed by atoms with Gasteiger partial charge >= 0.3 is 5.97 Å². The number of hydrogen-bond acceptors (Lipinski definition) is 6. The quantitative estimate of drug-likeness (QED) is 0.552. The summed E-state index contributed by atoms with van der Waals surface area (Å²) in [5, 5.41) is 3.51. The molecule has 0 atom stereocenters. The van der Waals surface area contributed by atoms with Crippen LogP contribution in [0.1, 0.15) is 47.4 Å². The number of pyridine rings is 1. The average molecular weight is 459 g/mol. The predicted molar refractivity (Wildman–Crippen MR) is 129 cm³/mol. The van der Waals surface area contributed by atoms with Crippen molar-refractivity contribution in [3.05, 3.63) is 64.8 Å². The number of carbonyl (C=O) groups excluding carboxylic acids is 2. The smallest absolute Gasteiger partial charge is 0.339 e. The van der Waals surface area contributed by atoms with Crippen LogP contribution in [0.15, 0.2) is 42.5 Å². The van der Waals surface area contributed by atoms with Gasteiger partial charge in [0.15, 0.2) is 18.1 Å². The summed E-state index contributed by atoms with van der Waals surface area (Å²) in [5.41, 5.74) is 4.89. The highest BCUT2D eigenvalue weighted by atomic mass is 16.7. The van der Waals surface area contributed by atoms with Crippen LogP contribution in [0.2, 0.25) is 0 Å². The van der Waals surface area contributed by atoms with Gasteiger partial charge in [-0.3, -0.25) is 4.79 Å². The summed E-state index contributed by atoms with van der Waals surface area (Å²) in [6, 6.07) is 13.3. The molecule has 7 nitrogen and oxygen atoms in total. The first kappa shape index (κ1) is 21.9. The lowest BCUT2D eigenvalue weighted by atomic mass is 10.0. The van der Waals surface area contributed by atoms with E-state index in [1.807, 2.05) is 56.3 Å². The van der Waals surface area contributed by atoms with E-state index in [0.717, 1.165) is 51.2 Å². The monoisotopic (exact) mass is 458 g/mol. The van der Waals surface area contributed by atoms with Crippen molar-refractivity contribution in [1.82, 2.24) is 10.3 Å². The summed E-state index contributed by atoms with van der Waals surface area (Å²) >= 11 is 0. The molecule has 0 spiro atoms. The number of fused-ring (bicyclic) bond motifs is 3. The number of rotatable bonds is 6.